The fraction of sp³-hybridized carbons (Fsp3) is 0.292. The van der Waals surface area contributed by atoms with Gasteiger partial charge in [-0.15, -0.1) is 0 Å². The summed E-state index contributed by atoms with van der Waals surface area (Å²) >= 11 is 0. The molecule has 166 valence electrons. The fourth-order valence-electron chi connectivity index (χ4n) is 3.59. The molecule has 0 bridgehead atoms. The molecule has 8 nitrogen and oxygen atoms in total. The molecule has 1 aliphatic rings. The van der Waals surface area contributed by atoms with E-state index in [4.69, 9.17) is 14.2 Å². The van der Waals surface area contributed by atoms with Gasteiger partial charge in [-0.05, 0) is 50.2 Å². The topological polar surface area (TPSA) is 82.9 Å². The first-order chi connectivity index (χ1) is 15.5. The molecular weight excluding hydrogens is 410 g/mol. The molecule has 1 aliphatic heterocycles. The molecule has 0 fully saturated rings. The molecule has 0 radical (unpaired) electrons. The molecule has 1 amide bonds. The van der Waals surface area contributed by atoms with Crippen LogP contribution in [-0.4, -0.2) is 59.5 Å². The summed E-state index contributed by atoms with van der Waals surface area (Å²) < 4.78 is 18.4. The molecule has 4 rings (SSSR count). The van der Waals surface area contributed by atoms with E-state index in [0.717, 1.165) is 5.69 Å². The van der Waals surface area contributed by atoms with Crippen LogP contribution in [-0.2, 0) is 4.74 Å². The Balaban J connectivity index is 1.42. The number of nitrogens with zero attached hydrogens (tertiary/aromatic N) is 3. The Morgan fingerprint density at radius 3 is 2.59 bits per heavy atom. The number of amides is 1. The number of esters is 1. The van der Waals surface area contributed by atoms with Gasteiger partial charge in [0.15, 0.2) is 17.6 Å². The zero-order valence-electron chi connectivity index (χ0n) is 18.3. The quantitative estimate of drug-likeness (QED) is 0.553. The van der Waals surface area contributed by atoms with Gasteiger partial charge in [-0.25, -0.2) is 9.48 Å². The standard InChI is InChI=1S/C24H25N3O5/c1-4-30-24(29)20-13-25-27(16(20)2)18-11-9-17(10-12-18)23(28)26(3)14-19-15-31-21-7-5-6-8-22(21)32-19/h5-13,19H,4,14-15H2,1-3H3. The SMILES string of the molecule is CCOC(=O)c1cnn(-c2ccc(C(=O)N(C)CC3COc4ccccc4O3)cc2)c1C. The van der Waals surface area contributed by atoms with Crippen molar-refractivity contribution in [2.45, 2.75) is 20.0 Å². The molecule has 32 heavy (non-hydrogen) atoms. The van der Waals surface area contributed by atoms with Crippen LogP contribution >= 0.6 is 0 Å². The second kappa shape index (κ2) is 9.13. The van der Waals surface area contributed by atoms with E-state index in [1.807, 2.05) is 24.3 Å². The lowest BCUT2D eigenvalue weighted by molar-refractivity contribution is 0.0518. The number of aromatic nitrogens is 2. The molecule has 3 aromatic rings. The Kier molecular flexibility index (Phi) is 6.11. The first kappa shape index (κ1) is 21.4. The molecule has 1 aromatic heterocycles. The van der Waals surface area contributed by atoms with Gasteiger partial charge in [0.2, 0.25) is 0 Å². The minimum Gasteiger partial charge on any atom is -0.486 e. The highest BCUT2D eigenvalue weighted by Gasteiger charge is 2.24. The molecule has 1 unspecified atom stereocenters. The summed E-state index contributed by atoms with van der Waals surface area (Å²) in [5.74, 6) is 0.878. The lowest BCUT2D eigenvalue weighted by Crippen LogP contribution is -2.41. The van der Waals surface area contributed by atoms with Crippen LogP contribution in [0.15, 0.2) is 54.7 Å². The van der Waals surface area contributed by atoms with E-state index in [1.54, 1.807) is 54.7 Å². The summed E-state index contributed by atoms with van der Waals surface area (Å²) in [4.78, 5) is 26.5. The van der Waals surface area contributed by atoms with Crippen molar-refractivity contribution in [3.63, 3.8) is 0 Å². The van der Waals surface area contributed by atoms with Crippen LogP contribution in [0.25, 0.3) is 5.69 Å². The third-order valence-electron chi connectivity index (χ3n) is 5.26. The van der Waals surface area contributed by atoms with Crippen LogP contribution in [0.4, 0.5) is 0 Å². The summed E-state index contributed by atoms with van der Waals surface area (Å²) in [6.07, 6.45) is 1.25. The van der Waals surface area contributed by atoms with E-state index in [-0.39, 0.29) is 12.0 Å². The van der Waals surface area contributed by atoms with Gasteiger partial charge in [0, 0.05) is 12.6 Å². The number of hydrogen-bond acceptors (Lipinski definition) is 6. The van der Waals surface area contributed by atoms with Gasteiger partial charge in [-0.1, -0.05) is 12.1 Å². The molecule has 8 heteroatoms. The molecule has 0 N–H and O–H groups in total. The fourth-order valence-corrected chi connectivity index (χ4v) is 3.59. The first-order valence-electron chi connectivity index (χ1n) is 10.4. The maximum absolute atomic E-state index is 12.9. The summed E-state index contributed by atoms with van der Waals surface area (Å²) in [6, 6.07) is 14.6. The first-order valence-corrected chi connectivity index (χ1v) is 10.4. The molecule has 1 atom stereocenters. The van der Waals surface area contributed by atoms with E-state index in [0.29, 0.717) is 48.1 Å². The van der Waals surface area contributed by atoms with Crippen LogP contribution in [0.3, 0.4) is 0 Å². The van der Waals surface area contributed by atoms with E-state index in [2.05, 4.69) is 5.10 Å². The number of ether oxygens (including phenoxy) is 3. The number of para-hydroxylation sites is 2. The van der Waals surface area contributed by atoms with Crippen molar-refractivity contribution in [3.05, 3.63) is 71.5 Å². The minimum atomic E-state index is -0.402. The highest BCUT2D eigenvalue weighted by molar-refractivity contribution is 5.94. The third-order valence-corrected chi connectivity index (χ3v) is 5.26. The van der Waals surface area contributed by atoms with E-state index in [9.17, 15) is 9.59 Å². The second-order valence-corrected chi connectivity index (χ2v) is 7.51. The lowest BCUT2D eigenvalue weighted by atomic mass is 10.1. The van der Waals surface area contributed by atoms with Gasteiger partial charge >= 0.3 is 5.97 Å². The normalized spacial score (nSPS) is 14.7. The number of likely N-dealkylation sites (N-methyl/N-ethyl adjacent to an activating group) is 1. The Morgan fingerprint density at radius 2 is 1.88 bits per heavy atom. The largest absolute Gasteiger partial charge is 0.486 e. The lowest BCUT2D eigenvalue weighted by Gasteiger charge is -2.29. The number of fused-ring (bicyclic) bond motifs is 1. The van der Waals surface area contributed by atoms with E-state index in [1.165, 1.54) is 6.20 Å². The Morgan fingerprint density at radius 1 is 1.16 bits per heavy atom. The van der Waals surface area contributed by atoms with Gasteiger partial charge in [0.1, 0.15) is 12.2 Å². The average Bonchev–Trinajstić information content (AvgIpc) is 3.20. The number of rotatable bonds is 6. The summed E-state index contributed by atoms with van der Waals surface area (Å²) in [7, 11) is 1.74. The zero-order valence-corrected chi connectivity index (χ0v) is 18.3. The van der Waals surface area contributed by atoms with Gasteiger partial charge in [-0.2, -0.15) is 5.10 Å². The number of benzene rings is 2. The smallest absolute Gasteiger partial charge is 0.341 e. The molecule has 2 heterocycles. The minimum absolute atomic E-state index is 0.122. The number of carbonyl (C=O) groups is 2. The average molecular weight is 435 g/mol. The molecule has 0 saturated carbocycles. The third kappa shape index (κ3) is 4.30. The van der Waals surface area contributed by atoms with Crippen LogP contribution in [0.5, 0.6) is 11.5 Å². The Labute approximate surface area is 186 Å². The van der Waals surface area contributed by atoms with Gasteiger partial charge in [0.05, 0.1) is 30.7 Å². The molecule has 2 aromatic carbocycles. The van der Waals surface area contributed by atoms with Crippen molar-refractivity contribution in [1.82, 2.24) is 14.7 Å². The number of hydrogen-bond donors (Lipinski definition) is 0. The van der Waals surface area contributed by atoms with Crippen molar-refractivity contribution < 1.29 is 23.8 Å². The Hall–Kier alpha value is -3.81. The maximum Gasteiger partial charge on any atom is 0.341 e. The second-order valence-electron chi connectivity index (χ2n) is 7.51. The van der Waals surface area contributed by atoms with E-state index >= 15 is 0 Å². The molecular formula is C24H25N3O5. The zero-order chi connectivity index (χ0) is 22.7. The van der Waals surface area contributed by atoms with Crippen LogP contribution < -0.4 is 9.47 Å². The van der Waals surface area contributed by atoms with Gasteiger partial charge in [0.25, 0.3) is 5.91 Å². The van der Waals surface area contributed by atoms with Crippen molar-refractivity contribution in [2.75, 3.05) is 26.8 Å². The van der Waals surface area contributed by atoms with Crippen molar-refractivity contribution in [1.29, 1.82) is 0 Å². The van der Waals surface area contributed by atoms with Crippen LogP contribution in [0.1, 0.15) is 33.3 Å². The predicted molar refractivity (Wildman–Crippen MR) is 118 cm³/mol. The predicted octanol–water partition coefficient (Wildman–Crippen LogP) is 3.27. The molecule has 0 spiro atoms. The van der Waals surface area contributed by atoms with Gasteiger partial charge in [-0.3, -0.25) is 4.79 Å². The molecule has 0 aliphatic carbocycles. The highest BCUT2D eigenvalue weighted by atomic mass is 16.6. The Bertz CT molecular complexity index is 1120. The van der Waals surface area contributed by atoms with Crippen LogP contribution in [0, 0.1) is 6.92 Å². The summed E-state index contributed by atoms with van der Waals surface area (Å²) in [5, 5.41) is 4.28. The summed E-state index contributed by atoms with van der Waals surface area (Å²) in [6.45, 7) is 4.65. The van der Waals surface area contributed by atoms with Crippen molar-refractivity contribution in [2.24, 2.45) is 0 Å². The molecule has 0 saturated heterocycles. The maximum atomic E-state index is 12.9. The number of carbonyl (C=O) groups excluding carboxylic acids is 2. The van der Waals surface area contributed by atoms with Crippen molar-refractivity contribution in [3.8, 4) is 17.2 Å². The van der Waals surface area contributed by atoms with E-state index < -0.39 is 5.97 Å². The van der Waals surface area contributed by atoms with Crippen LogP contribution in [0.2, 0.25) is 0 Å². The highest BCUT2D eigenvalue weighted by Crippen LogP contribution is 2.31. The monoisotopic (exact) mass is 435 g/mol. The summed E-state index contributed by atoms with van der Waals surface area (Å²) in [5.41, 5.74) is 2.39. The van der Waals surface area contributed by atoms with Gasteiger partial charge < -0.3 is 19.1 Å². The van der Waals surface area contributed by atoms with Crippen molar-refractivity contribution >= 4 is 11.9 Å².